The molecule has 126 valence electrons. The van der Waals surface area contributed by atoms with Crippen LogP contribution in [0.4, 0.5) is 0 Å². The summed E-state index contributed by atoms with van der Waals surface area (Å²) in [7, 11) is 0. The molecule has 0 bridgehead atoms. The van der Waals surface area contributed by atoms with Crippen LogP contribution >= 0.6 is 11.6 Å². The maximum absolute atomic E-state index is 6.86. The van der Waals surface area contributed by atoms with E-state index in [2.05, 4.69) is 27.0 Å². The summed E-state index contributed by atoms with van der Waals surface area (Å²) in [6, 6.07) is 23.7. The van der Waals surface area contributed by atoms with Gasteiger partial charge in [-0.25, -0.2) is 0 Å². The Labute approximate surface area is 155 Å². The van der Waals surface area contributed by atoms with E-state index in [0.29, 0.717) is 12.1 Å². The highest BCUT2D eigenvalue weighted by atomic mass is 35.5. The summed E-state index contributed by atoms with van der Waals surface area (Å²) in [5, 5.41) is 9.29. The zero-order valence-corrected chi connectivity index (χ0v) is 14.5. The number of hydrogen-bond acceptors (Lipinski definition) is 2. The highest BCUT2D eigenvalue weighted by Crippen LogP contribution is 2.30. The first-order chi connectivity index (χ1) is 12.7. The number of nitrogens with two attached hydrogens (primary N) is 1. The van der Waals surface area contributed by atoms with Crippen molar-refractivity contribution in [3.8, 4) is 0 Å². The van der Waals surface area contributed by atoms with Crippen LogP contribution in [0.2, 0.25) is 5.02 Å². The number of nitrogens with one attached hydrogen (secondary N) is 1. The van der Waals surface area contributed by atoms with Crippen LogP contribution < -0.4 is 5.73 Å². The van der Waals surface area contributed by atoms with Crippen molar-refractivity contribution in [2.75, 3.05) is 0 Å². The molecule has 0 amide bonds. The lowest BCUT2D eigenvalue weighted by molar-refractivity contribution is 0.869. The number of halogens is 1. The smallest absolute Gasteiger partial charge is 0.155 e. The summed E-state index contributed by atoms with van der Waals surface area (Å²) < 4.78 is 2.20. The number of hydrogen-bond donors (Lipinski definition) is 2. The molecule has 26 heavy (non-hydrogen) atoms. The van der Waals surface area contributed by atoms with Crippen LogP contribution in [0.1, 0.15) is 11.1 Å². The molecule has 0 saturated carbocycles. The Morgan fingerprint density at radius 2 is 2.00 bits per heavy atom. The second kappa shape index (κ2) is 6.51. The molecular weight excluding hydrogens is 346 g/mol. The van der Waals surface area contributed by atoms with Crippen molar-refractivity contribution in [2.45, 2.75) is 6.54 Å². The molecule has 0 aliphatic rings. The van der Waals surface area contributed by atoms with Crippen LogP contribution in [-0.4, -0.2) is 10.4 Å². The lowest BCUT2D eigenvalue weighted by Gasteiger charge is -2.09. The third-order valence-corrected chi connectivity index (χ3v) is 4.73. The van der Waals surface area contributed by atoms with Gasteiger partial charge in [0.25, 0.3) is 0 Å². The Hall–Kier alpha value is -3.36. The predicted octanol–water partition coefficient (Wildman–Crippen LogP) is 4.75. The number of benzene rings is 2. The molecule has 0 aliphatic heterocycles. The van der Waals surface area contributed by atoms with Crippen molar-refractivity contribution >= 4 is 39.2 Å². The van der Waals surface area contributed by atoms with Crippen LogP contribution in [-0.2, 0) is 6.54 Å². The van der Waals surface area contributed by atoms with Crippen LogP contribution in [0.5, 0.6) is 0 Å². The minimum atomic E-state index is 0.203. The van der Waals surface area contributed by atoms with Crippen LogP contribution in [0, 0.1) is 17.7 Å². The molecule has 0 radical (unpaired) electrons. The average molecular weight is 360 g/mol. The second-order valence-electron chi connectivity index (χ2n) is 5.86. The summed E-state index contributed by atoms with van der Waals surface area (Å²) in [5.74, 6) is 0.203. The highest BCUT2D eigenvalue weighted by molar-refractivity contribution is 6.31. The number of nitrogens with zero attached hydrogens (tertiary/aromatic N) is 3. The van der Waals surface area contributed by atoms with Gasteiger partial charge in [-0.2, -0.15) is 5.53 Å². The highest BCUT2D eigenvalue weighted by Gasteiger charge is 2.13. The van der Waals surface area contributed by atoms with Gasteiger partial charge in [0.15, 0.2) is 5.84 Å². The van der Waals surface area contributed by atoms with E-state index in [0.717, 1.165) is 32.4 Å². The molecule has 3 aromatic carbocycles. The SMILES string of the molecule is N=NN=C(N)c1ccc2c(c1)c1c#cccc1n2Cc1ccccc1Cl. The van der Waals surface area contributed by atoms with Crippen LogP contribution in [0.3, 0.4) is 0 Å². The van der Waals surface area contributed by atoms with Gasteiger partial charge in [0.05, 0.1) is 16.4 Å². The zero-order chi connectivity index (χ0) is 18.1. The summed E-state index contributed by atoms with van der Waals surface area (Å²) in [4.78, 5) is 0. The van der Waals surface area contributed by atoms with Gasteiger partial charge in [0, 0.05) is 22.5 Å². The topological polar surface area (TPSA) is 79.5 Å². The van der Waals surface area contributed by atoms with E-state index in [1.165, 1.54) is 0 Å². The summed E-state index contributed by atoms with van der Waals surface area (Å²) >= 11 is 6.36. The van der Waals surface area contributed by atoms with Gasteiger partial charge in [0.2, 0.25) is 0 Å². The molecule has 0 unspecified atom stereocenters. The maximum atomic E-state index is 6.86. The minimum Gasteiger partial charge on any atom is -0.382 e. The van der Waals surface area contributed by atoms with Crippen molar-refractivity contribution in [1.82, 2.24) is 4.57 Å². The van der Waals surface area contributed by atoms with Gasteiger partial charge in [-0.05, 0) is 42.0 Å². The number of fused-ring (bicyclic) bond motifs is 3. The zero-order valence-electron chi connectivity index (χ0n) is 13.7. The summed E-state index contributed by atoms with van der Waals surface area (Å²) in [6.45, 7) is 0.641. The molecule has 0 fully saturated rings. The molecule has 3 N–H and O–H groups in total. The first-order valence-corrected chi connectivity index (χ1v) is 8.35. The second-order valence-corrected chi connectivity index (χ2v) is 6.26. The van der Waals surface area contributed by atoms with Crippen molar-refractivity contribution < 1.29 is 0 Å². The van der Waals surface area contributed by atoms with Crippen molar-refractivity contribution in [3.05, 3.63) is 82.9 Å². The largest absolute Gasteiger partial charge is 0.382 e. The molecule has 4 rings (SSSR count). The van der Waals surface area contributed by atoms with E-state index >= 15 is 0 Å². The van der Waals surface area contributed by atoms with Crippen molar-refractivity contribution in [3.63, 3.8) is 0 Å². The number of amidine groups is 1. The van der Waals surface area contributed by atoms with Crippen LogP contribution in [0.25, 0.3) is 21.8 Å². The Bertz CT molecular complexity index is 1160. The molecule has 6 heteroatoms. The molecule has 0 atom stereocenters. The fraction of sp³-hybridized carbons (Fsp3) is 0.0500. The maximum Gasteiger partial charge on any atom is 0.155 e. The summed E-state index contributed by atoms with van der Waals surface area (Å²) in [5.41, 5.74) is 16.6. The van der Waals surface area contributed by atoms with Gasteiger partial charge in [-0.15, -0.1) is 5.10 Å². The van der Waals surface area contributed by atoms with E-state index < -0.39 is 0 Å². The molecule has 0 aliphatic carbocycles. The molecule has 1 heterocycles. The normalized spacial score (nSPS) is 11.7. The number of aromatic nitrogens is 1. The van der Waals surface area contributed by atoms with Gasteiger partial charge in [-0.1, -0.05) is 47.2 Å². The monoisotopic (exact) mass is 359 g/mol. The van der Waals surface area contributed by atoms with Crippen molar-refractivity contribution in [2.24, 2.45) is 16.1 Å². The lowest BCUT2D eigenvalue weighted by atomic mass is 10.1. The first-order valence-electron chi connectivity index (χ1n) is 7.97. The Kier molecular flexibility index (Phi) is 4.04. The van der Waals surface area contributed by atoms with Gasteiger partial charge in [0.1, 0.15) is 0 Å². The first kappa shape index (κ1) is 16.1. The quantitative estimate of drug-likeness (QED) is 0.234. The Morgan fingerprint density at radius 1 is 1.15 bits per heavy atom. The van der Waals surface area contributed by atoms with E-state index in [4.69, 9.17) is 22.9 Å². The van der Waals surface area contributed by atoms with E-state index in [9.17, 15) is 0 Å². The fourth-order valence-corrected chi connectivity index (χ4v) is 3.35. The third kappa shape index (κ3) is 2.67. The van der Waals surface area contributed by atoms with E-state index in [-0.39, 0.29) is 5.84 Å². The standard InChI is InChI=1S/C20H14ClN5/c21-17-7-3-1-5-14(17)12-26-18-8-4-2-6-15(18)16-11-13(9-10-19(16)26)20(22)24-25-23/h1,3-5,7-11H,12H2,(H3,22,23,24). The molecule has 4 aromatic rings. The van der Waals surface area contributed by atoms with Gasteiger partial charge < -0.3 is 10.3 Å². The Balaban J connectivity index is 1.96. The Morgan fingerprint density at radius 3 is 2.81 bits per heavy atom. The van der Waals surface area contributed by atoms with E-state index in [1.54, 1.807) is 0 Å². The average Bonchev–Trinajstić information content (AvgIpc) is 2.97. The van der Waals surface area contributed by atoms with E-state index in [1.807, 2.05) is 54.6 Å². The minimum absolute atomic E-state index is 0.203. The predicted molar refractivity (Wildman–Crippen MR) is 104 cm³/mol. The lowest BCUT2D eigenvalue weighted by Crippen LogP contribution is -2.12. The molecule has 5 nitrogen and oxygen atoms in total. The van der Waals surface area contributed by atoms with Gasteiger partial charge in [-0.3, -0.25) is 0 Å². The van der Waals surface area contributed by atoms with Gasteiger partial charge >= 0.3 is 0 Å². The molecular formula is C20H14ClN5. The van der Waals surface area contributed by atoms with Crippen molar-refractivity contribution in [1.29, 1.82) is 5.53 Å². The van der Waals surface area contributed by atoms with Crippen LogP contribution in [0.15, 0.2) is 64.9 Å². The molecule has 1 aromatic heterocycles. The summed E-state index contributed by atoms with van der Waals surface area (Å²) in [6.07, 6.45) is 0. The molecule has 0 saturated heterocycles. The molecule has 0 spiro atoms. The fourth-order valence-electron chi connectivity index (χ4n) is 3.15. The third-order valence-electron chi connectivity index (χ3n) is 4.37. The number of rotatable bonds is 4.